The van der Waals surface area contributed by atoms with Crippen molar-refractivity contribution in [3.05, 3.63) is 266 Å². The SMILES string of the molecule is COC(=O)Cl.COC(=O)OC[C@H]1O[C@@H](Oc2nn(C(C)C)c(C)c2Cc2ccc(OC)c(F)c2)[C@H](O)[C@@H](O)[C@@H]1O.COc1ccc(Cc2c(O[C@@H]3O[C@H](CO)[C@@H](O)[C@H](O)[C@H]3O)nn(C(C)C)c2C)cc1F.COc1ccc(Cc2c(O[C@@H]3O[C@H](COCc4ccccc4)[C@@H](OCc4ccccc4)[C@H](OCc4ccccc4)[C@H]3OCc3ccccc3)nn(C(C)C)c2C)cc1F.[HH]. The second-order valence-corrected chi connectivity index (χ2v) is 32.1. The molecule has 7 aromatic carbocycles. The van der Waals surface area contributed by atoms with Crippen LogP contribution in [0, 0.1) is 38.2 Å². The van der Waals surface area contributed by atoms with E-state index in [1.165, 1.54) is 58.8 Å². The maximum atomic E-state index is 15.0. The first-order chi connectivity index (χ1) is 62.4. The van der Waals surface area contributed by atoms with Crippen molar-refractivity contribution in [3.63, 3.8) is 0 Å². The molecule has 0 aliphatic carbocycles. The monoisotopic (exact) mass is 1830 g/mol. The molecule has 0 unspecified atom stereocenters. The van der Waals surface area contributed by atoms with Crippen LogP contribution in [-0.2, 0) is 93.1 Å². The number of ether oxygens (including phenoxy) is 16. The minimum Gasteiger partial charge on any atom is -0.494 e. The lowest BCUT2D eigenvalue weighted by molar-refractivity contribution is -0.310. The molecule has 10 aromatic rings. The van der Waals surface area contributed by atoms with Crippen molar-refractivity contribution < 1.29 is 136 Å². The number of methoxy groups -OCH3 is 5. The molecule has 0 bridgehead atoms. The van der Waals surface area contributed by atoms with E-state index in [1.807, 2.05) is 181 Å². The fraction of sp³-hybridized carbons (Fsp3) is 0.442. The Bertz CT molecular complexity index is 5180. The number of aromatic nitrogens is 6. The third-order valence-corrected chi connectivity index (χ3v) is 21.9. The zero-order valence-corrected chi connectivity index (χ0v) is 75.6. The van der Waals surface area contributed by atoms with E-state index in [1.54, 1.807) is 27.6 Å². The van der Waals surface area contributed by atoms with E-state index in [-0.39, 0.29) is 74.6 Å². The molecule has 7 N–H and O–H groups in total. The fourth-order valence-electron chi connectivity index (χ4n) is 14.8. The Kier molecular flexibility index (Phi) is 38.1. The van der Waals surface area contributed by atoms with Crippen molar-refractivity contribution >= 4 is 23.2 Å². The molecule has 0 saturated carbocycles. The van der Waals surface area contributed by atoms with Crippen LogP contribution < -0.4 is 28.4 Å². The Hall–Kier alpha value is -10.8. The normalized spacial score (nSPS) is 21.8. The molecule has 706 valence electrons. The van der Waals surface area contributed by atoms with Crippen molar-refractivity contribution in [1.29, 1.82) is 0 Å². The predicted molar refractivity (Wildman–Crippen MR) is 470 cm³/mol. The molecular weight excluding hydrogens is 1720 g/mol. The number of nitrogens with zero attached hydrogens (tertiary/aromatic N) is 6. The lowest BCUT2D eigenvalue weighted by atomic mass is 9.97. The van der Waals surface area contributed by atoms with E-state index < -0.39 is 134 Å². The first kappa shape index (κ1) is 101. The lowest BCUT2D eigenvalue weighted by Crippen LogP contribution is -2.62. The summed E-state index contributed by atoms with van der Waals surface area (Å²) in [4.78, 5) is 20.6. The van der Waals surface area contributed by atoms with E-state index in [2.05, 4.69) is 45.1 Å². The summed E-state index contributed by atoms with van der Waals surface area (Å²) in [6.07, 6.45) is -18.4. The number of hydrogen-bond donors (Lipinski definition) is 7. The van der Waals surface area contributed by atoms with Gasteiger partial charge in [-0.25, -0.2) is 22.8 Å². The second-order valence-electron chi connectivity index (χ2n) is 31.8. The van der Waals surface area contributed by atoms with Gasteiger partial charge < -0.3 is 112 Å². The number of halogens is 4. The number of benzene rings is 7. The third kappa shape index (κ3) is 27.0. The highest BCUT2D eigenvalue weighted by atomic mass is 35.5. The van der Waals surface area contributed by atoms with E-state index in [0.717, 1.165) is 57.6 Å². The number of carbonyl (C=O) groups is 2. The van der Waals surface area contributed by atoms with Gasteiger partial charge in [0.25, 0.3) is 0 Å². The maximum Gasteiger partial charge on any atom is 0.508 e. The Morgan fingerprint density at radius 2 is 0.731 bits per heavy atom. The number of carbonyl (C=O) groups excluding carboxylic acids is 2. The van der Waals surface area contributed by atoms with Gasteiger partial charge in [-0.15, -0.1) is 15.3 Å². The Labute approximate surface area is 759 Å². The average molecular weight is 1840 g/mol. The zero-order chi connectivity index (χ0) is 94.0. The van der Waals surface area contributed by atoms with Crippen LogP contribution in [0.1, 0.15) is 134 Å². The van der Waals surface area contributed by atoms with Crippen molar-refractivity contribution in [2.75, 3.05) is 55.4 Å². The first-order valence-corrected chi connectivity index (χ1v) is 42.6. The van der Waals surface area contributed by atoms with Gasteiger partial charge in [-0.05, 0) is 138 Å². The molecule has 3 saturated heterocycles. The Balaban J connectivity index is 0.000000229. The van der Waals surface area contributed by atoms with Crippen LogP contribution >= 0.6 is 11.6 Å². The summed E-state index contributed by atoms with van der Waals surface area (Å²) in [5.74, 6) is -0.407. The Morgan fingerprint density at radius 3 is 1.06 bits per heavy atom. The Morgan fingerprint density at radius 1 is 0.408 bits per heavy atom. The van der Waals surface area contributed by atoms with Crippen LogP contribution in [0.15, 0.2) is 176 Å². The topological polar surface area (TPSA) is 377 Å². The van der Waals surface area contributed by atoms with E-state index in [4.69, 9.17) is 71.4 Å². The molecule has 0 amide bonds. The zero-order valence-electron chi connectivity index (χ0n) is 74.9. The van der Waals surface area contributed by atoms with Crippen molar-refractivity contribution in [1.82, 2.24) is 29.3 Å². The molecule has 15 atom stereocenters. The summed E-state index contributed by atoms with van der Waals surface area (Å²) < 4.78 is 141. The molecule has 0 radical (unpaired) electrons. The molecule has 13 rings (SSSR count). The number of aliphatic hydroxyl groups is 7. The van der Waals surface area contributed by atoms with E-state index in [9.17, 15) is 58.5 Å². The van der Waals surface area contributed by atoms with Gasteiger partial charge in [-0.3, -0.25) is 14.0 Å². The van der Waals surface area contributed by atoms with Gasteiger partial charge in [0.1, 0.15) is 79.9 Å². The molecule has 3 aliphatic heterocycles. The van der Waals surface area contributed by atoms with E-state index in [0.29, 0.717) is 54.4 Å². The number of rotatable bonds is 34. The van der Waals surface area contributed by atoms with Crippen molar-refractivity contribution in [3.8, 4) is 34.9 Å². The predicted octanol–water partition coefficient (Wildman–Crippen LogP) is 13.0. The molecule has 3 aliphatic rings. The van der Waals surface area contributed by atoms with Crippen LogP contribution in [0.5, 0.6) is 34.9 Å². The van der Waals surface area contributed by atoms with Gasteiger partial charge in [0.05, 0.1) is 75.2 Å². The molecule has 31 nitrogen and oxygen atoms in total. The van der Waals surface area contributed by atoms with Crippen LogP contribution in [0.4, 0.5) is 22.8 Å². The van der Waals surface area contributed by atoms with Gasteiger partial charge in [-0.2, -0.15) is 0 Å². The molecule has 35 heteroatoms. The summed E-state index contributed by atoms with van der Waals surface area (Å²) in [5, 5.41) is 84.6. The summed E-state index contributed by atoms with van der Waals surface area (Å²) in [5.41, 5.74) is 9.76. The molecule has 3 aromatic heterocycles. The summed E-state index contributed by atoms with van der Waals surface area (Å²) in [6, 6.07) is 54.2. The second kappa shape index (κ2) is 48.9. The fourth-order valence-corrected chi connectivity index (χ4v) is 14.8. The van der Waals surface area contributed by atoms with Gasteiger partial charge >= 0.3 is 11.6 Å². The summed E-state index contributed by atoms with van der Waals surface area (Å²) >= 11 is 4.60. The van der Waals surface area contributed by atoms with Crippen LogP contribution in [0.2, 0.25) is 0 Å². The maximum absolute atomic E-state index is 15.0. The highest BCUT2D eigenvalue weighted by molar-refractivity contribution is 6.61. The molecule has 6 heterocycles. The van der Waals surface area contributed by atoms with Gasteiger partial charge in [0.2, 0.25) is 36.5 Å². The summed E-state index contributed by atoms with van der Waals surface area (Å²) in [6.45, 7) is 17.9. The van der Waals surface area contributed by atoms with Crippen LogP contribution in [0.3, 0.4) is 0 Å². The largest absolute Gasteiger partial charge is 0.508 e. The molecular formula is C95H118ClF3N6O25. The molecule has 0 spiro atoms. The lowest BCUT2D eigenvalue weighted by Gasteiger charge is -2.45. The van der Waals surface area contributed by atoms with Gasteiger partial charge in [0, 0.05) is 84.2 Å². The minimum absolute atomic E-state index is 0. The number of hydrogen-bond acceptors (Lipinski definition) is 28. The molecule has 3 fully saturated rings. The smallest absolute Gasteiger partial charge is 0.494 e. The van der Waals surface area contributed by atoms with Crippen LogP contribution in [0.25, 0.3) is 0 Å². The highest BCUT2D eigenvalue weighted by Gasteiger charge is 2.52. The van der Waals surface area contributed by atoms with Gasteiger partial charge in [0.15, 0.2) is 34.7 Å². The minimum atomic E-state index is -1.65. The summed E-state index contributed by atoms with van der Waals surface area (Å²) in [7, 11) is 6.56. The third-order valence-electron chi connectivity index (χ3n) is 21.7. The first-order valence-electron chi connectivity index (χ1n) is 42.3. The van der Waals surface area contributed by atoms with Crippen molar-refractivity contribution in [2.24, 2.45) is 0 Å². The van der Waals surface area contributed by atoms with Crippen molar-refractivity contribution in [2.45, 2.75) is 218 Å². The average Bonchev–Trinajstić information content (AvgIpc) is 1.73. The standard InChI is InChI=1S/C49H53FN2O7.C23H31FN2O9.C21H29FN2O7.C2H3ClO2.H2/c1-34(2)52-35(3)41(27-40-25-26-43(53-4)42(50)28-40)48(51-52)59-49-47(57-32-39-23-15-8-16-24-39)46(56-31-38-21-13-7-14-22-38)45(55-30-37-19-11-6-12-20-37)44(58-49)33-54-29-36-17-9-5-10-18-36;1-11(2)26-12(3)14(8-13-6-7-16(31-4)15(24)9-13)21(25-26)35-22-20(29)19(28)18(27)17(34-22)10-33-23(30)32-5;1-10(2)24-11(3)13(7-12-5-6-15(29-4)14(22)8-12)20(23-24)31-21-19(28)18(27)17(26)16(9-25)30-21;1-5-2(3)4;/h5-26,28,34,44-47,49H,27,29-33H2,1-4H3;6-7,9,11,17-20,22,27-29H,8,10H2,1-5H3;5-6,8,10,16-19,21,25-28H,7,9H2,1-4H3;1H3;1H/t44-,45-,46+,47-,49+;17-,18-,19+,20-,22+;16-,17-,18+,19-,21+;;/m111../s1. The van der Waals surface area contributed by atoms with Crippen LogP contribution in [-0.4, -0.2) is 224 Å². The number of aliphatic hydroxyl groups excluding tert-OH is 7. The van der Waals surface area contributed by atoms with E-state index >= 15 is 0 Å². The molecule has 130 heavy (non-hydrogen) atoms. The van der Waals surface area contributed by atoms with Gasteiger partial charge in [-0.1, -0.05) is 140 Å². The highest BCUT2D eigenvalue weighted by Crippen LogP contribution is 2.39. The quantitative estimate of drug-likeness (QED) is 0.0145.